The highest BCUT2D eigenvalue weighted by Crippen LogP contribution is 2.36. The molecule has 0 bridgehead atoms. The standard InChI is InChI=1S/C17H22N2O2S/c1-7-13(10-18-5)14(8-2)15-9-16(22-12(4)20)19-17(15)11(3)21-6/h7-8,10H,3,9H2,1-2,4-6H3/b13-7+,14-8-,18-10?. The number of methoxy groups -OCH3 is 1. The Morgan fingerprint density at radius 2 is 2.09 bits per heavy atom. The van der Waals surface area contributed by atoms with Gasteiger partial charge in [0, 0.05) is 26.6 Å². The van der Waals surface area contributed by atoms with Gasteiger partial charge in [0.2, 0.25) is 0 Å². The van der Waals surface area contributed by atoms with Crippen LogP contribution in [0.1, 0.15) is 27.2 Å². The van der Waals surface area contributed by atoms with Gasteiger partial charge in [-0.15, -0.1) is 0 Å². The highest BCUT2D eigenvalue weighted by molar-refractivity contribution is 8.26. The number of hydrogen-bond acceptors (Lipinski definition) is 5. The van der Waals surface area contributed by atoms with Crippen LogP contribution in [0.15, 0.2) is 56.9 Å². The van der Waals surface area contributed by atoms with E-state index in [2.05, 4.69) is 16.6 Å². The van der Waals surface area contributed by atoms with Gasteiger partial charge in [0.1, 0.15) is 11.5 Å². The number of carbonyl (C=O) groups is 1. The third-order valence-corrected chi connectivity index (χ3v) is 3.89. The third kappa shape index (κ3) is 4.31. The number of aliphatic imine (C=N–C) groups is 2. The van der Waals surface area contributed by atoms with E-state index in [-0.39, 0.29) is 5.12 Å². The van der Waals surface area contributed by atoms with E-state index in [0.717, 1.165) is 33.5 Å². The molecule has 1 aliphatic heterocycles. The molecule has 0 N–H and O–H groups in total. The lowest BCUT2D eigenvalue weighted by Crippen LogP contribution is -2.01. The van der Waals surface area contributed by atoms with Crippen molar-refractivity contribution in [3.63, 3.8) is 0 Å². The lowest BCUT2D eigenvalue weighted by atomic mass is 9.95. The predicted molar refractivity (Wildman–Crippen MR) is 95.4 cm³/mol. The number of allylic oxidation sites excluding steroid dienone is 5. The summed E-state index contributed by atoms with van der Waals surface area (Å²) in [6.07, 6.45) is 6.42. The topological polar surface area (TPSA) is 51.0 Å². The van der Waals surface area contributed by atoms with Crippen LogP contribution < -0.4 is 0 Å². The molecule has 0 fully saturated rings. The van der Waals surface area contributed by atoms with Crippen molar-refractivity contribution < 1.29 is 9.53 Å². The van der Waals surface area contributed by atoms with Crippen molar-refractivity contribution in [2.75, 3.05) is 14.2 Å². The molecule has 0 unspecified atom stereocenters. The lowest BCUT2D eigenvalue weighted by Gasteiger charge is -2.12. The van der Waals surface area contributed by atoms with Crippen LogP contribution in [-0.4, -0.2) is 30.5 Å². The second kappa shape index (κ2) is 8.54. The van der Waals surface area contributed by atoms with Gasteiger partial charge in [-0.3, -0.25) is 9.79 Å². The van der Waals surface area contributed by atoms with Crippen LogP contribution in [0.3, 0.4) is 0 Å². The van der Waals surface area contributed by atoms with Gasteiger partial charge in [0.05, 0.1) is 12.2 Å². The molecule has 118 valence electrons. The molecule has 0 aliphatic carbocycles. The van der Waals surface area contributed by atoms with E-state index in [1.165, 1.54) is 6.92 Å². The van der Waals surface area contributed by atoms with Gasteiger partial charge in [0.25, 0.3) is 0 Å². The van der Waals surface area contributed by atoms with Crippen molar-refractivity contribution >= 4 is 28.1 Å². The molecule has 0 amide bonds. The molecule has 0 saturated heterocycles. The molecule has 0 saturated carbocycles. The molecule has 0 aromatic heterocycles. The fourth-order valence-corrected chi connectivity index (χ4v) is 2.88. The SMILES string of the molecule is C=C(OC)C1=C(C(=C\C)/C(C=NC)=C/C)CC(SC(C)=O)=N1. The van der Waals surface area contributed by atoms with E-state index in [1.54, 1.807) is 14.2 Å². The summed E-state index contributed by atoms with van der Waals surface area (Å²) in [5.41, 5.74) is 3.74. The maximum Gasteiger partial charge on any atom is 0.191 e. The van der Waals surface area contributed by atoms with Gasteiger partial charge in [-0.1, -0.05) is 18.7 Å². The Morgan fingerprint density at radius 1 is 1.41 bits per heavy atom. The summed E-state index contributed by atoms with van der Waals surface area (Å²) in [5, 5.41) is 0.782. The van der Waals surface area contributed by atoms with Gasteiger partial charge < -0.3 is 4.74 Å². The second-order valence-electron chi connectivity index (χ2n) is 4.56. The minimum absolute atomic E-state index is 0.0192. The smallest absolute Gasteiger partial charge is 0.191 e. The molecule has 0 aromatic carbocycles. The van der Waals surface area contributed by atoms with Crippen LogP contribution in [0.5, 0.6) is 0 Å². The zero-order chi connectivity index (χ0) is 16.7. The van der Waals surface area contributed by atoms with Crippen LogP contribution in [0.25, 0.3) is 0 Å². The molecule has 0 atom stereocenters. The highest BCUT2D eigenvalue weighted by atomic mass is 32.2. The predicted octanol–water partition coefficient (Wildman–Crippen LogP) is 4.08. The first kappa shape index (κ1) is 18.2. The van der Waals surface area contributed by atoms with E-state index in [4.69, 9.17) is 4.74 Å². The fourth-order valence-electron chi connectivity index (χ4n) is 2.20. The van der Waals surface area contributed by atoms with E-state index >= 15 is 0 Å². The zero-order valence-corrected chi connectivity index (χ0v) is 14.6. The number of carbonyl (C=O) groups excluding carboxylic acids is 1. The van der Waals surface area contributed by atoms with Crippen molar-refractivity contribution in [1.29, 1.82) is 0 Å². The van der Waals surface area contributed by atoms with E-state index < -0.39 is 0 Å². The molecular weight excluding hydrogens is 296 g/mol. The first-order valence-electron chi connectivity index (χ1n) is 6.96. The fraction of sp³-hybridized carbons (Fsp3) is 0.353. The molecule has 1 heterocycles. The number of ether oxygens (including phenoxy) is 1. The van der Waals surface area contributed by atoms with E-state index in [0.29, 0.717) is 17.9 Å². The average molecular weight is 318 g/mol. The van der Waals surface area contributed by atoms with Gasteiger partial charge in [-0.2, -0.15) is 0 Å². The first-order chi connectivity index (χ1) is 10.5. The Kier molecular flexibility index (Phi) is 7.05. The largest absolute Gasteiger partial charge is 0.495 e. The molecule has 0 spiro atoms. The molecule has 0 radical (unpaired) electrons. The van der Waals surface area contributed by atoms with Crippen molar-refractivity contribution in [3.8, 4) is 0 Å². The molecule has 22 heavy (non-hydrogen) atoms. The van der Waals surface area contributed by atoms with E-state index in [9.17, 15) is 4.79 Å². The first-order valence-corrected chi connectivity index (χ1v) is 7.78. The van der Waals surface area contributed by atoms with Crippen LogP contribution >= 0.6 is 11.8 Å². The summed E-state index contributed by atoms with van der Waals surface area (Å²) in [6.45, 7) is 9.38. The number of rotatable bonds is 5. The quantitative estimate of drug-likeness (QED) is 0.436. The Hall–Kier alpha value is -1.88. The minimum Gasteiger partial charge on any atom is -0.495 e. The van der Waals surface area contributed by atoms with Crippen LogP contribution in [0.2, 0.25) is 0 Å². The van der Waals surface area contributed by atoms with Crippen LogP contribution in [0, 0.1) is 0 Å². The number of thioether (sulfide) groups is 1. The second-order valence-corrected chi connectivity index (χ2v) is 5.81. The van der Waals surface area contributed by atoms with E-state index in [1.807, 2.05) is 32.2 Å². The maximum absolute atomic E-state index is 11.3. The monoisotopic (exact) mass is 318 g/mol. The van der Waals surface area contributed by atoms with Crippen molar-refractivity contribution in [1.82, 2.24) is 0 Å². The lowest BCUT2D eigenvalue weighted by molar-refractivity contribution is -0.109. The number of hydrogen-bond donors (Lipinski definition) is 0. The summed E-state index contributed by atoms with van der Waals surface area (Å²) in [6, 6.07) is 0. The minimum atomic E-state index is 0.0192. The Morgan fingerprint density at radius 3 is 2.55 bits per heavy atom. The van der Waals surface area contributed by atoms with Gasteiger partial charge >= 0.3 is 0 Å². The Balaban J connectivity index is 3.29. The average Bonchev–Trinajstić information content (AvgIpc) is 2.89. The van der Waals surface area contributed by atoms with Crippen molar-refractivity contribution in [3.05, 3.63) is 46.9 Å². The van der Waals surface area contributed by atoms with Gasteiger partial charge in [-0.25, -0.2) is 4.99 Å². The summed E-state index contributed by atoms with van der Waals surface area (Å²) in [5.74, 6) is 0.498. The number of nitrogens with zero attached hydrogens (tertiary/aromatic N) is 2. The van der Waals surface area contributed by atoms with Crippen molar-refractivity contribution in [2.45, 2.75) is 27.2 Å². The summed E-state index contributed by atoms with van der Waals surface area (Å²) < 4.78 is 5.25. The van der Waals surface area contributed by atoms with Crippen LogP contribution in [0.4, 0.5) is 0 Å². The molecule has 5 heteroatoms. The maximum atomic E-state index is 11.3. The molecule has 1 rings (SSSR count). The Labute approximate surface area is 136 Å². The highest BCUT2D eigenvalue weighted by Gasteiger charge is 2.25. The molecule has 0 aromatic rings. The molecular formula is C17H22N2O2S. The van der Waals surface area contributed by atoms with Crippen LogP contribution in [-0.2, 0) is 9.53 Å². The third-order valence-electron chi connectivity index (χ3n) is 3.13. The van der Waals surface area contributed by atoms with Gasteiger partial charge in [-0.05, 0) is 42.3 Å². The van der Waals surface area contributed by atoms with Crippen molar-refractivity contribution in [2.24, 2.45) is 9.98 Å². The van der Waals surface area contributed by atoms with Gasteiger partial charge in [0.15, 0.2) is 5.12 Å². The molecule has 1 aliphatic rings. The summed E-state index contributed by atoms with van der Waals surface area (Å²) >= 11 is 1.15. The Bertz CT molecular complexity index is 623. The molecule has 4 nitrogen and oxygen atoms in total. The zero-order valence-electron chi connectivity index (χ0n) is 13.8. The summed E-state index contributed by atoms with van der Waals surface area (Å²) in [4.78, 5) is 20.0. The summed E-state index contributed by atoms with van der Waals surface area (Å²) in [7, 11) is 3.31. The normalized spacial score (nSPS) is 16.3.